The number of benzene rings is 2. The summed E-state index contributed by atoms with van der Waals surface area (Å²) in [5.74, 6) is 0.255. The first-order valence-corrected chi connectivity index (χ1v) is 10.4. The van der Waals surface area contributed by atoms with Gasteiger partial charge in [-0.25, -0.2) is 4.79 Å². The summed E-state index contributed by atoms with van der Waals surface area (Å²) in [5.41, 5.74) is 2.37. The highest BCUT2D eigenvalue weighted by Crippen LogP contribution is 2.30. The first-order chi connectivity index (χ1) is 14.4. The Bertz CT molecular complexity index is 1120. The van der Waals surface area contributed by atoms with Gasteiger partial charge in [0.05, 0.1) is 6.61 Å². The van der Waals surface area contributed by atoms with Crippen molar-refractivity contribution >= 4 is 40.1 Å². The van der Waals surface area contributed by atoms with Gasteiger partial charge in [0, 0.05) is 39.5 Å². The molecule has 30 heavy (non-hydrogen) atoms. The highest BCUT2D eigenvalue weighted by Gasteiger charge is 2.14. The number of carbonyl (C=O) groups is 1. The summed E-state index contributed by atoms with van der Waals surface area (Å²) in [6, 6.07) is 10.2. The number of fused-ring (bicyclic) bond motifs is 1. The van der Waals surface area contributed by atoms with Crippen molar-refractivity contribution in [2.75, 3.05) is 6.61 Å². The van der Waals surface area contributed by atoms with Gasteiger partial charge in [-0.2, -0.15) is 0 Å². The van der Waals surface area contributed by atoms with Crippen LogP contribution in [0.3, 0.4) is 0 Å². The van der Waals surface area contributed by atoms with E-state index in [0.29, 0.717) is 34.4 Å². The zero-order chi connectivity index (χ0) is 21.7. The standard InChI is InChI=1S/C23H22Cl2O5/c1-3-8-28-22(26)7-5-15-10-18-14(2)9-23(27)30-21(18)12-20(15)29-13-16-4-6-17(24)11-19(16)25/h4,6,9-12H,3,5,7-8,13H2,1-2H3. The maximum absolute atomic E-state index is 12.0. The lowest BCUT2D eigenvalue weighted by Gasteiger charge is -2.14. The van der Waals surface area contributed by atoms with Gasteiger partial charge in [-0.05, 0) is 49.1 Å². The fraction of sp³-hybridized carbons (Fsp3) is 0.304. The zero-order valence-corrected chi connectivity index (χ0v) is 18.3. The summed E-state index contributed by atoms with van der Waals surface area (Å²) in [7, 11) is 0. The van der Waals surface area contributed by atoms with Crippen LogP contribution in [0, 0.1) is 6.92 Å². The van der Waals surface area contributed by atoms with E-state index in [0.717, 1.165) is 28.5 Å². The molecule has 0 radical (unpaired) electrons. The number of aryl methyl sites for hydroxylation is 2. The van der Waals surface area contributed by atoms with Crippen molar-refractivity contribution in [3.63, 3.8) is 0 Å². The molecule has 0 aliphatic rings. The number of hydrogen-bond acceptors (Lipinski definition) is 5. The average molecular weight is 449 g/mol. The predicted octanol–water partition coefficient (Wildman–Crippen LogP) is 5.87. The Hall–Kier alpha value is -2.50. The van der Waals surface area contributed by atoms with Crippen molar-refractivity contribution in [2.45, 2.75) is 39.7 Å². The smallest absolute Gasteiger partial charge is 0.336 e. The Morgan fingerprint density at radius 1 is 1.10 bits per heavy atom. The summed E-state index contributed by atoms with van der Waals surface area (Å²) in [5, 5.41) is 1.83. The molecular formula is C23H22Cl2O5. The maximum atomic E-state index is 12.0. The Labute approximate surface area is 184 Å². The number of carbonyl (C=O) groups excluding carboxylic acids is 1. The first-order valence-electron chi connectivity index (χ1n) is 9.67. The third-order valence-corrected chi connectivity index (χ3v) is 5.18. The molecule has 0 bridgehead atoms. The van der Waals surface area contributed by atoms with Crippen molar-refractivity contribution in [1.82, 2.24) is 0 Å². The molecule has 0 saturated carbocycles. The molecule has 0 saturated heterocycles. The molecule has 0 spiro atoms. The summed E-state index contributed by atoms with van der Waals surface area (Å²) >= 11 is 12.2. The van der Waals surface area contributed by atoms with E-state index in [1.54, 1.807) is 24.3 Å². The van der Waals surface area contributed by atoms with Crippen LogP contribution in [0.25, 0.3) is 11.0 Å². The Balaban J connectivity index is 1.90. The summed E-state index contributed by atoms with van der Waals surface area (Å²) in [6.45, 7) is 4.39. The van der Waals surface area contributed by atoms with Crippen molar-refractivity contribution < 1.29 is 18.7 Å². The molecule has 0 aliphatic carbocycles. The Morgan fingerprint density at radius 2 is 1.90 bits per heavy atom. The zero-order valence-electron chi connectivity index (χ0n) is 16.8. The third-order valence-electron chi connectivity index (χ3n) is 4.60. The maximum Gasteiger partial charge on any atom is 0.336 e. The van der Waals surface area contributed by atoms with Gasteiger partial charge in [-0.3, -0.25) is 4.79 Å². The molecule has 3 aromatic rings. The van der Waals surface area contributed by atoms with E-state index in [9.17, 15) is 9.59 Å². The summed E-state index contributed by atoms with van der Waals surface area (Å²) in [4.78, 5) is 23.7. The fourth-order valence-electron chi connectivity index (χ4n) is 3.04. The highest BCUT2D eigenvalue weighted by atomic mass is 35.5. The summed E-state index contributed by atoms with van der Waals surface area (Å²) < 4.78 is 16.5. The van der Waals surface area contributed by atoms with Crippen LogP contribution in [0.2, 0.25) is 10.0 Å². The minimum Gasteiger partial charge on any atom is -0.488 e. The minimum atomic E-state index is -0.428. The quantitative estimate of drug-likeness (QED) is 0.318. The van der Waals surface area contributed by atoms with Crippen LogP contribution in [0.5, 0.6) is 5.75 Å². The number of ether oxygens (including phenoxy) is 2. The van der Waals surface area contributed by atoms with Gasteiger partial charge in [0.15, 0.2) is 0 Å². The molecule has 7 heteroatoms. The average Bonchev–Trinajstić information content (AvgIpc) is 2.70. The van der Waals surface area contributed by atoms with Crippen molar-refractivity contribution in [1.29, 1.82) is 0 Å². The van der Waals surface area contributed by atoms with Gasteiger partial charge in [0.1, 0.15) is 17.9 Å². The monoisotopic (exact) mass is 448 g/mol. The molecule has 0 N–H and O–H groups in total. The van der Waals surface area contributed by atoms with E-state index in [-0.39, 0.29) is 19.0 Å². The van der Waals surface area contributed by atoms with Gasteiger partial charge >= 0.3 is 11.6 Å². The van der Waals surface area contributed by atoms with Crippen LogP contribution in [-0.4, -0.2) is 12.6 Å². The normalized spacial score (nSPS) is 10.9. The second kappa shape index (κ2) is 10.0. The van der Waals surface area contributed by atoms with Crippen LogP contribution < -0.4 is 10.4 Å². The molecule has 0 atom stereocenters. The van der Waals surface area contributed by atoms with Crippen LogP contribution in [0.1, 0.15) is 36.5 Å². The van der Waals surface area contributed by atoms with Crippen molar-refractivity contribution in [3.8, 4) is 5.75 Å². The lowest BCUT2D eigenvalue weighted by atomic mass is 10.0. The van der Waals surface area contributed by atoms with Crippen LogP contribution in [-0.2, 0) is 22.6 Å². The molecule has 1 aromatic heterocycles. The topological polar surface area (TPSA) is 65.7 Å². The van der Waals surface area contributed by atoms with E-state index in [4.69, 9.17) is 37.1 Å². The predicted molar refractivity (Wildman–Crippen MR) is 118 cm³/mol. The molecule has 0 fully saturated rings. The fourth-order valence-corrected chi connectivity index (χ4v) is 3.50. The van der Waals surface area contributed by atoms with Gasteiger partial charge in [-0.15, -0.1) is 0 Å². The van der Waals surface area contributed by atoms with E-state index in [1.165, 1.54) is 6.07 Å². The molecule has 0 aliphatic heterocycles. The van der Waals surface area contributed by atoms with Gasteiger partial charge in [0.25, 0.3) is 0 Å². The van der Waals surface area contributed by atoms with Crippen LogP contribution >= 0.6 is 23.2 Å². The molecule has 158 valence electrons. The number of esters is 1. The third kappa shape index (κ3) is 5.55. The van der Waals surface area contributed by atoms with E-state index >= 15 is 0 Å². The van der Waals surface area contributed by atoms with E-state index in [2.05, 4.69) is 0 Å². The van der Waals surface area contributed by atoms with Crippen LogP contribution in [0.15, 0.2) is 45.6 Å². The molecule has 0 unspecified atom stereocenters. The highest BCUT2D eigenvalue weighted by molar-refractivity contribution is 6.35. The molecule has 3 rings (SSSR count). The summed E-state index contributed by atoms with van der Waals surface area (Å²) in [6.07, 6.45) is 1.43. The lowest BCUT2D eigenvalue weighted by molar-refractivity contribution is -0.143. The lowest BCUT2D eigenvalue weighted by Crippen LogP contribution is -2.08. The van der Waals surface area contributed by atoms with Gasteiger partial charge in [0.2, 0.25) is 0 Å². The number of rotatable bonds is 8. The molecule has 5 nitrogen and oxygen atoms in total. The molecule has 0 amide bonds. The van der Waals surface area contributed by atoms with E-state index < -0.39 is 5.63 Å². The Morgan fingerprint density at radius 3 is 2.63 bits per heavy atom. The SMILES string of the molecule is CCCOC(=O)CCc1cc2c(C)cc(=O)oc2cc1OCc1ccc(Cl)cc1Cl. The number of halogens is 2. The van der Waals surface area contributed by atoms with Gasteiger partial charge in [-0.1, -0.05) is 36.2 Å². The molecule has 1 heterocycles. The largest absolute Gasteiger partial charge is 0.488 e. The minimum absolute atomic E-state index is 0.199. The second-order valence-corrected chi connectivity index (χ2v) is 7.79. The van der Waals surface area contributed by atoms with Crippen molar-refractivity contribution in [3.05, 3.63) is 73.6 Å². The first kappa shape index (κ1) is 22.2. The second-order valence-electron chi connectivity index (χ2n) is 6.95. The number of hydrogen-bond donors (Lipinski definition) is 0. The Kier molecular flexibility index (Phi) is 7.40. The molecule has 2 aromatic carbocycles. The van der Waals surface area contributed by atoms with E-state index in [1.807, 2.05) is 19.9 Å². The van der Waals surface area contributed by atoms with Gasteiger partial charge < -0.3 is 13.9 Å². The van der Waals surface area contributed by atoms with Crippen molar-refractivity contribution in [2.24, 2.45) is 0 Å². The molecular weight excluding hydrogens is 427 g/mol. The van der Waals surface area contributed by atoms with Crippen LogP contribution in [0.4, 0.5) is 0 Å².